The van der Waals surface area contributed by atoms with E-state index in [1.165, 1.54) is 0 Å². The Morgan fingerprint density at radius 2 is 2.00 bits per heavy atom. The zero-order chi connectivity index (χ0) is 8.43. The van der Waals surface area contributed by atoms with E-state index in [9.17, 15) is 10.2 Å². The van der Waals surface area contributed by atoms with Crippen LogP contribution in [0.15, 0.2) is 0 Å². The van der Waals surface area contributed by atoms with Gasteiger partial charge in [0.2, 0.25) is 0 Å². The van der Waals surface area contributed by atoms with Crippen molar-refractivity contribution < 1.29 is 15.3 Å². The normalized spacial score (nSPS) is 45.8. The molecule has 0 spiro atoms. The Balaban J connectivity index is 2.52. The van der Waals surface area contributed by atoms with Crippen molar-refractivity contribution in [2.75, 3.05) is 13.2 Å². The number of aliphatic hydroxyl groups is 3. The van der Waals surface area contributed by atoms with E-state index in [-0.39, 0.29) is 18.6 Å². The maximum absolute atomic E-state index is 9.35. The number of rotatable bonds is 1. The molecule has 0 aromatic heterocycles. The van der Waals surface area contributed by atoms with Gasteiger partial charge >= 0.3 is 0 Å². The van der Waals surface area contributed by atoms with Gasteiger partial charge in [-0.05, 0) is 5.92 Å². The Morgan fingerprint density at radius 1 is 1.36 bits per heavy atom. The first-order valence-corrected chi connectivity index (χ1v) is 3.87. The molecule has 1 heterocycles. The maximum Gasteiger partial charge on any atom is 0.0977 e. The van der Waals surface area contributed by atoms with Gasteiger partial charge in [-0.1, -0.05) is 6.92 Å². The summed E-state index contributed by atoms with van der Waals surface area (Å²) in [4.78, 5) is 0. The van der Waals surface area contributed by atoms with Crippen LogP contribution in [0.5, 0.6) is 0 Å². The first-order valence-electron chi connectivity index (χ1n) is 3.87. The summed E-state index contributed by atoms with van der Waals surface area (Å²) in [6.45, 7) is 2.36. The van der Waals surface area contributed by atoms with Crippen molar-refractivity contribution in [3.05, 3.63) is 0 Å². The second-order valence-corrected chi connectivity index (χ2v) is 3.16. The van der Waals surface area contributed by atoms with Crippen molar-refractivity contribution >= 4 is 0 Å². The van der Waals surface area contributed by atoms with Crippen LogP contribution >= 0.6 is 0 Å². The highest BCUT2D eigenvalue weighted by Gasteiger charge is 2.34. The van der Waals surface area contributed by atoms with Crippen LogP contribution in [-0.4, -0.2) is 46.7 Å². The molecule has 0 radical (unpaired) electrons. The second-order valence-electron chi connectivity index (χ2n) is 3.16. The summed E-state index contributed by atoms with van der Waals surface area (Å²) >= 11 is 0. The summed E-state index contributed by atoms with van der Waals surface area (Å²) in [5.74, 6) is 0.0489. The van der Waals surface area contributed by atoms with Gasteiger partial charge in [0.05, 0.1) is 24.9 Å². The SMILES string of the molecule is C[C@H]1CN[C@@H](CO)[C@@H](O)[C@@H]1O. The summed E-state index contributed by atoms with van der Waals surface area (Å²) in [6.07, 6.45) is -1.56. The molecule has 4 nitrogen and oxygen atoms in total. The lowest BCUT2D eigenvalue weighted by Crippen LogP contribution is -2.57. The van der Waals surface area contributed by atoms with Gasteiger partial charge in [0.25, 0.3) is 0 Å². The number of hydrogen-bond donors (Lipinski definition) is 4. The van der Waals surface area contributed by atoms with E-state index in [2.05, 4.69) is 5.32 Å². The highest BCUT2D eigenvalue weighted by atomic mass is 16.3. The number of hydrogen-bond acceptors (Lipinski definition) is 4. The highest BCUT2D eigenvalue weighted by Crippen LogP contribution is 2.14. The minimum absolute atomic E-state index is 0.0489. The third-order valence-electron chi connectivity index (χ3n) is 2.24. The molecule has 66 valence electrons. The average Bonchev–Trinajstić information content (AvgIpc) is 2.01. The molecule has 0 saturated carbocycles. The number of piperidine rings is 1. The van der Waals surface area contributed by atoms with Gasteiger partial charge in [0, 0.05) is 6.54 Å². The minimum Gasteiger partial charge on any atom is -0.395 e. The van der Waals surface area contributed by atoms with Crippen LogP contribution in [-0.2, 0) is 0 Å². The van der Waals surface area contributed by atoms with E-state index in [1.807, 2.05) is 6.92 Å². The molecule has 1 aliphatic rings. The zero-order valence-corrected chi connectivity index (χ0v) is 6.57. The largest absolute Gasteiger partial charge is 0.395 e. The summed E-state index contributed by atoms with van der Waals surface area (Å²) in [6, 6.07) is -0.374. The summed E-state index contributed by atoms with van der Waals surface area (Å²) < 4.78 is 0. The molecule has 0 unspecified atom stereocenters. The monoisotopic (exact) mass is 161 g/mol. The van der Waals surface area contributed by atoms with Crippen LogP contribution in [0.3, 0.4) is 0 Å². The molecule has 0 bridgehead atoms. The quantitative estimate of drug-likeness (QED) is 0.370. The van der Waals surface area contributed by atoms with Gasteiger partial charge in [0.1, 0.15) is 0 Å². The van der Waals surface area contributed by atoms with Crippen LogP contribution < -0.4 is 5.32 Å². The highest BCUT2D eigenvalue weighted by molar-refractivity contribution is 4.89. The average molecular weight is 161 g/mol. The Labute approximate surface area is 65.9 Å². The smallest absolute Gasteiger partial charge is 0.0977 e. The fraction of sp³-hybridized carbons (Fsp3) is 1.00. The van der Waals surface area contributed by atoms with Crippen molar-refractivity contribution in [3.8, 4) is 0 Å². The molecule has 0 amide bonds. The minimum atomic E-state index is -0.844. The molecule has 0 aromatic carbocycles. The molecule has 4 atom stereocenters. The molecule has 1 fully saturated rings. The molecule has 0 aliphatic carbocycles. The van der Waals surface area contributed by atoms with Crippen molar-refractivity contribution in [1.82, 2.24) is 5.32 Å². The maximum atomic E-state index is 9.35. The summed E-state index contributed by atoms with van der Waals surface area (Å²) in [5.41, 5.74) is 0. The van der Waals surface area contributed by atoms with E-state index in [0.29, 0.717) is 6.54 Å². The molecular weight excluding hydrogens is 146 g/mol. The second kappa shape index (κ2) is 3.49. The van der Waals surface area contributed by atoms with Crippen molar-refractivity contribution in [2.45, 2.75) is 25.2 Å². The van der Waals surface area contributed by atoms with Crippen LogP contribution in [0.4, 0.5) is 0 Å². The van der Waals surface area contributed by atoms with E-state index in [4.69, 9.17) is 5.11 Å². The fourth-order valence-electron chi connectivity index (χ4n) is 1.33. The number of nitrogens with one attached hydrogen (secondary N) is 1. The lowest BCUT2D eigenvalue weighted by Gasteiger charge is -2.35. The molecule has 1 rings (SSSR count). The zero-order valence-electron chi connectivity index (χ0n) is 6.57. The van der Waals surface area contributed by atoms with Gasteiger partial charge in [-0.25, -0.2) is 0 Å². The Hall–Kier alpha value is -0.160. The molecule has 0 aromatic rings. The van der Waals surface area contributed by atoms with Crippen LogP contribution in [0.1, 0.15) is 6.92 Å². The van der Waals surface area contributed by atoms with Gasteiger partial charge in [-0.15, -0.1) is 0 Å². The standard InChI is InChI=1S/C7H15NO3/c1-4-2-8-5(3-9)7(11)6(4)10/h4-11H,2-3H2,1H3/t4-,5-,6+,7+/m0/s1. The van der Waals surface area contributed by atoms with Crippen LogP contribution in [0, 0.1) is 5.92 Å². The first-order chi connectivity index (χ1) is 5.16. The van der Waals surface area contributed by atoms with Gasteiger partial charge in [-0.2, -0.15) is 0 Å². The van der Waals surface area contributed by atoms with Gasteiger partial charge in [-0.3, -0.25) is 0 Å². The van der Waals surface area contributed by atoms with Crippen molar-refractivity contribution in [3.63, 3.8) is 0 Å². The van der Waals surface area contributed by atoms with E-state index < -0.39 is 12.2 Å². The number of aliphatic hydroxyl groups excluding tert-OH is 3. The Kier molecular flexibility index (Phi) is 2.84. The van der Waals surface area contributed by atoms with Gasteiger partial charge < -0.3 is 20.6 Å². The predicted octanol–water partition coefficient (Wildman–Crippen LogP) is -1.69. The Bertz CT molecular complexity index is 129. The topological polar surface area (TPSA) is 72.7 Å². The van der Waals surface area contributed by atoms with E-state index in [0.717, 1.165) is 0 Å². The lowest BCUT2D eigenvalue weighted by atomic mass is 9.91. The molecule has 1 saturated heterocycles. The third kappa shape index (κ3) is 1.70. The van der Waals surface area contributed by atoms with E-state index >= 15 is 0 Å². The van der Waals surface area contributed by atoms with Gasteiger partial charge in [0.15, 0.2) is 0 Å². The molecule has 1 aliphatic heterocycles. The summed E-state index contributed by atoms with van der Waals surface area (Å²) in [5, 5.41) is 30.4. The predicted molar refractivity (Wildman–Crippen MR) is 40.1 cm³/mol. The van der Waals surface area contributed by atoms with E-state index in [1.54, 1.807) is 0 Å². The van der Waals surface area contributed by atoms with Crippen molar-refractivity contribution in [2.24, 2.45) is 5.92 Å². The van der Waals surface area contributed by atoms with Crippen LogP contribution in [0.25, 0.3) is 0 Å². The molecule has 4 N–H and O–H groups in total. The summed E-state index contributed by atoms with van der Waals surface area (Å²) in [7, 11) is 0. The Morgan fingerprint density at radius 3 is 2.55 bits per heavy atom. The van der Waals surface area contributed by atoms with Crippen molar-refractivity contribution in [1.29, 1.82) is 0 Å². The molecule has 4 heteroatoms. The molecular formula is C7H15NO3. The third-order valence-corrected chi connectivity index (χ3v) is 2.24. The first kappa shape index (κ1) is 8.93. The molecule has 11 heavy (non-hydrogen) atoms. The van der Waals surface area contributed by atoms with Crippen LogP contribution in [0.2, 0.25) is 0 Å². The fourth-order valence-corrected chi connectivity index (χ4v) is 1.33. The lowest BCUT2D eigenvalue weighted by molar-refractivity contribution is -0.0639.